The number of carbonyl (C=O) groups excluding carboxylic acids is 5. The highest BCUT2D eigenvalue weighted by molar-refractivity contribution is 7.88. The van der Waals surface area contributed by atoms with Gasteiger partial charge in [0, 0.05) is 26.6 Å². The Bertz CT molecular complexity index is 1770. The van der Waals surface area contributed by atoms with Crippen LogP contribution in [-0.2, 0) is 52.6 Å². The predicted molar refractivity (Wildman–Crippen MR) is 197 cm³/mol. The van der Waals surface area contributed by atoms with Gasteiger partial charge in [-0.2, -0.15) is 0 Å². The van der Waals surface area contributed by atoms with Crippen molar-refractivity contribution < 1.29 is 32.4 Å². The summed E-state index contributed by atoms with van der Waals surface area (Å²) in [6.45, 7) is -0.546. The molecule has 278 valence electrons. The van der Waals surface area contributed by atoms with Gasteiger partial charge in [-0.1, -0.05) is 91.0 Å². The number of sulfonamides is 1. The lowest BCUT2D eigenvalue weighted by Gasteiger charge is -2.25. The van der Waals surface area contributed by atoms with E-state index >= 15 is 0 Å². The number of guanidine groups is 1. The molecule has 0 unspecified atom stereocenters. The molecular weight excluding hydrogens is 689 g/mol. The molecular formula is C36H46N8O7S. The summed E-state index contributed by atoms with van der Waals surface area (Å²) < 4.78 is 28.5. The van der Waals surface area contributed by atoms with Crippen molar-refractivity contribution in [3.63, 3.8) is 0 Å². The molecule has 0 bridgehead atoms. The standard InChI is InChI=1S/C36H46N8O7S/c1-44(35(49)29(18-11-20-40-36(37)38)43-52(50,51)25-28-16-9-4-10-17-28)24-32(46)42-30(22-27-14-7-3-8-15-27)33(47)34(48)41-23-31(45)39-21-19-26-12-5-2-6-13-26/h2-10,12-17,29-30,43H,11,18-25H2,1H3,(H,39,45)(H,41,48)(H,42,46)(H4,37,38,40)/t29-,30-/m0/s1. The SMILES string of the molecule is CN(CC(=O)N[C@@H](Cc1ccccc1)C(=O)C(=O)NCC(=O)NCCc1ccccc1)C(=O)[C@H](CCCN=C(N)N)NS(=O)(=O)Cc1ccccc1. The summed E-state index contributed by atoms with van der Waals surface area (Å²) in [5.41, 5.74) is 12.9. The second-order valence-electron chi connectivity index (χ2n) is 12.0. The van der Waals surface area contributed by atoms with Gasteiger partial charge in [-0.25, -0.2) is 13.1 Å². The third-order valence-electron chi connectivity index (χ3n) is 7.67. The molecule has 0 aliphatic heterocycles. The van der Waals surface area contributed by atoms with E-state index in [1.807, 2.05) is 30.3 Å². The summed E-state index contributed by atoms with van der Waals surface area (Å²) in [5, 5.41) is 7.52. The van der Waals surface area contributed by atoms with E-state index in [0.717, 1.165) is 10.5 Å². The number of aliphatic imine (C=N–C) groups is 1. The molecule has 0 saturated heterocycles. The number of hydrogen-bond donors (Lipinski definition) is 6. The van der Waals surface area contributed by atoms with Crippen LogP contribution in [0.1, 0.15) is 29.5 Å². The Balaban J connectivity index is 1.64. The molecule has 0 radical (unpaired) electrons. The molecule has 15 nitrogen and oxygen atoms in total. The first-order valence-corrected chi connectivity index (χ1v) is 18.3. The minimum absolute atomic E-state index is 0.0186. The van der Waals surface area contributed by atoms with Gasteiger partial charge >= 0.3 is 0 Å². The van der Waals surface area contributed by atoms with Crippen molar-refractivity contribution >= 4 is 45.4 Å². The molecule has 3 aromatic carbocycles. The van der Waals surface area contributed by atoms with Gasteiger partial charge in [0.2, 0.25) is 33.5 Å². The Morgan fingerprint density at radius 2 is 1.35 bits per heavy atom. The van der Waals surface area contributed by atoms with Crippen LogP contribution in [0.3, 0.4) is 0 Å². The quantitative estimate of drug-likeness (QED) is 0.0366. The number of ketones is 1. The molecule has 0 aliphatic carbocycles. The van der Waals surface area contributed by atoms with E-state index in [1.54, 1.807) is 60.7 Å². The first-order chi connectivity index (χ1) is 24.8. The summed E-state index contributed by atoms with van der Waals surface area (Å²) in [6.07, 6.45) is 0.799. The largest absolute Gasteiger partial charge is 0.370 e. The Morgan fingerprint density at radius 3 is 1.94 bits per heavy atom. The molecule has 2 atom stereocenters. The monoisotopic (exact) mass is 734 g/mol. The first-order valence-electron chi connectivity index (χ1n) is 16.6. The van der Waals surface area contributed by atoms with Crippen LogP contribution in [0, 0.1) is 0 Å². The summed E-state index contributed by atoms with van der Waals surface area (Å²) in [6, 6.07) is 24.0. The average molecular weight is 735 g/mol. The van der Waals surface area contributed by atoms with E-state index in [-0.39, 0.29) is 37.5 Å². The fourth-order valence-electron chi connectivity index (χ4n) is 5.11. The van der Waals surface area contributed by atoms with Crippen LogP contribution in [0.15, 0.2) is 96.0 Å². The normalized spacial score (nSPS) is 12.1. The van der Waals surface area contributed by atoms with Crippen LogP contribution in [-0.4, -0.2) is 94.0 Å². The zero-order chi connectivity index (χ0) is 37.9. The summed E-state index contributed by atoms with van der Waals surface area (Å²) in [5.74, 6) is -4.57. The van der Waals surface area contributed by atoms with Crippen molar-refractivity contribution in [1.82, 2.24) is 25.6 Å². The molecule has 52 heavy (non-hydrogen) atoms. The van der Waals surface area contributed by atoms with Crippen molar-refractivity contribution in [1.29, 1.82) is 0 Å². The highest BCUT2D eigenvalue weighted by Gasteiger charge is 2.31. The van der Waals surface area contributed by atoms with E-state index < -0.39 is 64.6 Å². The number of nitrogens with one attached hydrogen (secondary N) is 4. The zero-order valence-electron chi connectivity index (χ0n) is 29.0. The molecule has 3 aromatic rings. The summed E-state index contributed by atoms with van der Waals surface area (Å²) in [7, 11) is -2.69. The number of benzene rings is 3. The van der Waals surface area contributed by atoms with Crippen molar-refractivity contribution in [2.45, 2.75) is 43.5 Å². The van der Waals surface area contributed by atoms with Gasteiger partial charge in [-0.05, 0) is 36.0 Å². The second-order valence-corrected chi connectivity index (χ2v) is 13.8. The smallest absolute Gasteiger partial charge is 0.290 e. The molecule has 0 aromatic heterocycles. The lowest BCUT2D eigenvalue weighted by Crippen LogP contribution is -2.53. The maximum absolute atomic E-state index is 13.5. The van der Waals surface area contributed by atoms with Crippen LogP contribution in [0.5, 0.6) is 0 Å². The van der Waals surface area contributed by atoms with Crippen LogP contribution in [0.4, 0.5) is 0 Å². The average Bonchev–Trinajstić information content (AvgIpc) is 3.11. The van der Waals surface area contributed by atoms with E-state index in [0.29, 0.717) is 24.1 Å². The Hall–Kier alpha value is -5.61. The Labute approximate surface area is 303 Å². The lowest BCUT2D eigenvalue weighted by molar-refractivity contribution is -0.141. The maximum atomic E-state index is 13.5. The van der Waals surface area contributed by atoms with Crippen molar-refractivity contribution in [2.75, 3.05) is 33.2 Å². The number of hydrogen-bond acceptors (Lipinski definition) is 8. The van der Waals surface area contributed by atoms with Gasteiger partial charge in [0.05, 0.1) is 18.8 Å². The fourth-order valence-corrected chi connectivity index (χ4v) is 6.47. The van der Waals surface area contributed by atoms with Gasteiger partial charge in [0.1, 0.15) is 12.1 Å². The molecule has 3 rings (SSSR count). The summed E-state index contributed by atoms with van der Waals surface area (Å²) in [4.78, 5) is 70.1. The third-order valence-corrected chi connectivity index (χ3v) is 9.03. The lowest BCUT2D eigenvalue weighted by atomic mass is 10.0. The molecule has 0 saturated carbocycles. The Morgan fingerprint density at radius 1 is 0.769 bits per heavy atom. The highest BCUT2D eigenvalue weighted by atomic mass is 32.2. The molecule has 0 aliphatic rings. The highest BCUT2D eigenvalue weighted by Crippen LogP contribution is 2.10. The van der Waals surface area contributed by atoms with Crippen LogP contribution < -0.4 is 32.1 Å². The minimum Gasteiger partial charge on any atom is -0.370 e. The topological polar surface area (TPSA) is 235 Å². The van der Waals surface area contributed by atoms with Crippen LogP contribution in [0.25, 0.3) is 0 Å². The Kier molecular flexibility index (Phi) is 16.4. The van der Waals surface area contributed by atoms with Gasteiger partial charge in [-0.15, -0.1) is 0 Å². The number of nitrogens with zero attached hydrogens (tertiary/aromatic N) is 2. The molecule has 4 amide bonds. The minimum atomic E-state index is -4.00. The molecule has 0 fully saturated rings. The van der Waals surface area contributed by atoms with Gasteiger partial charge < -0.3 is 32.3 Å². The van der Waals surface area contributed by atoms with E-state index in [4.69, 9.17) is 11.5 Å². The number of amides is 4. The molecule has 0 spiro atoms. The number of carbonyl (C=O) groups is 5. The summed E-state index contributed by atoms with van der Waals surface area (Å²) >= 11 is 0. The molecule has 8 N–H and O–H groups in total. The molecule has 16 heteroatoms. The van der Waals surface area contributed by atoms with E-state index in [2.05, 4.69) is 25.7 Å². The predicted octanol–water partition coefficient (Wildman–Crippen LogP) is -0.242. The van der Waals surface area contributed by atoms with E-state index in [1.165, 1.54) is 7.05 Å². The number of likely N-dealkylation sites (N-methyl/N-ethyl adjacent to an activating group) is 1. The number of rotatable bonds is 21. The first kappa shape index (κ1) is 40.8. The zero-order valence-corrected chi connectivity index (χ0v) is 29.8. The third kappa shape index (κ3) is 15.1. The van der Waals surface area contributed by atoms with Crippen molar-refractivity contribution in [3.05, 3.63) is 108 Å². The second kappa shape index (κ2) is 20.9. The van der Waals surface area contributed by atoms with Crippen LogP contribution in [0.2, 0.25) is 0 Å². The van der Waals surface area contributed by atoms with Gasteiger partial charge in [0.15, 0.2) is 5.96 Å². The van der Waals surface area contributed by atoms with Gasteiger partial charge in [0.25, 0.3) is 5.91 Å². The van der Waals surface area contributed by atoms with Gasteiger partial charge in [-0.3, -0.25) is 29.0 Å². The maximum Gasteiger partial charge on any atom is 0.290 e. The number of nitrogens with two attached hydrogens (primary N) is 2. The van der Waals surface area contributed by atoms with Crippen molar-refractivity contribution in [2.24, 2.45) is 16.5 Å². The number of Topliss-reactive ketones (excluding diaryl/α,β-unsaturated/α-hetero) is 1. The fraction of sp³-hybridized carbons (Fsp3) is 0.333. The van der Waals surface area contributed by atoms with E-state index in [9.17, 15) is 32.4 Å². The van der Waals surface area contributed by atoms with Crippen LogP contribution >= 0.6 is 0 Å². The molecule has 0 heterocycles. The van der Waals surface area contributed by atoms with Crippen molar-refractivity contribution in [3.8, 4) is 0 Å².